The average molecular weight is 140 g/mol. The van der Waals surface area contributed by atoms with Gasteiger partial charge in [-0.1, -0.05) is 0 Å². The Morgan fingerprint density at radius 3 is 2.60 bits per heavy atom. The molecule has 0 aromatic heterocycles. The summed E-state index contributed by atoms with van der Waals surface area (Å²) in [5, 5.41) is 18.5. The SMILES string of the molecule is CC1=CC(C)(O)CC=C1O. The topological polar surface area (TPSA) is 40.5 Å². The van der Waals surface area contributed by atoms with E-state index in [2.05, 4.69) is 0 Å². The molecule has 2 N–H and O–H groups in total. The van der Waals surface area contributed by atoms with Gasteiger partial charge < -0.3 is 10.2 Å². The molecule has 1 aliphatic rings. The summed E-state index contributed by atoms with van der Waals surface area (Å²) in [6.07, 6.45) is 3.80. The second-order valence-electron chi connectivity index (χ2n) is 2.98. The summed E-state index contributed by atoms with van der Waals surface area (Å²) >= 11 is 0. The molecule has 0 saturated carbocycles. The van der Waals surface area contributed by atoms with Gasteiger partial charge in [-0.05, 0) is 31.6 Å². The summed E-state index contributed by atoms with van der Waals surface area (Å²) in [6, 6.07) is 0. The molecule has 0 amide bonds. The lowest BCUT2D eigenvalue weighted by molar-refractivity contribution is 0.110. The van der Waals surface area contributed by atoms with Crippen LogP contribution in [0.4, 0.5) is 0 Å². The van der Waals surface area contributed by atoms with Crippen molar-refractivity contribution in [2.24, 2.45) is 0 Å². The second kappa shape index (κ2) is 2.13. The van der Waals surface area contributed by atoms with Crippen LogP contribution in [0.3, 0.4) is 0 Å². The lowest BCUT2D eigenvalue weighted by atomic mass is 9.93. The van der Waals surface area contributed by atoms with Crippen molar-refractivity contribution in [2.45, 2.75) is 25.9 Å². The molecule has 1 unspecified atom stereocenters. The first kappa shape index (κ1) is 7.35. The first-order chi connectivity index (χ1) is 4.51. The molecule has 0 radical (unpaired) electrons. The molecule has 0 aromatic carbocycles. The van der Waals surface area contributed by atoms with Crippen molar-refractivity contribution in [3.8, 4) is 0 Å². The highest BCUT2D eigenvalue weighted by molar-refractivity contribution is 5.30. The van der Waals surface area contributed by atoms with Crippen LogP contribution in [0.1, 0.15) is 20.3 Å². The third-order valence-corrected chi connectivity index (χ3v) is 1.64. The first-order valence-corrected chi connectivity index (χ1v) is 3.33. The van der Waals surface area contributed by atoms with Gasteiger partial charge in [0.15, 0.2) is 0 Å². The highest BCUT2D eigenvalue weighted by atomic mass is 16.3. The van der Waals surface area contributed by atoms with Gasteiger partial charge in [-0.3, -0.25) is 0 Å². The fraction of sp³-hybridized carbons (Fsp3) is 0.500. The van der Waals surface area contributed by atoms with E-state index in [4.69, 9.17) is 5.11 Å². The van der Waals surface area contributed by atoms with Gasteiger partial charge in [0.05, 0.1) is 5.60 Å². The maximum atomic E-state index is 9.43. The zero-order valence-corrected chi connectivity index (χ0v) is 6.26. The van der Waals surface area contributed by atoms with Crippen LogP contribution >= 0.6 is 0 Å². The Labute approximate surface area is 60.5 Å². The van der Waals surface area contributed by atoms with E-state index in [0.29, 0.717) is 6.42 Å². The van der Waals surface area contributed by atoms with Gasteiger partial charge >= 0.3 is 0 Å². The lowest BCUT2D eigenvalue weighted by Crippen LogP contribution is -2.22. The summed E-state index contributed by atoms with van der Waals surface area (Å²) in [5.74, 6) is 0.284. The zero-order valence-electron chi connectivity index (χ0n) is 6.26. The smallest absolute Gasteiger partial charge is 0.114 e. The highest BCUT2D eigenvalue weighted by Gasteiger charge is 2.20. The molecule has 1 rings (SSSR count). The third kappa shape index (κ3) is 1.39. The first-order valence-electron chi connectivity index (χ1n) is 3.33. The predicted molar refractivity (Wildman–Crippen MR) is 39.7 cm³/mol. The van der Waals surface area contributed by atoms with E-state index in [1.807, 2.05) is 0 Å². The molecule has 0 aliphatic heterocycles. The lowest BCUT2D eigenvalue weighted by Gasteiger charge is -2.22. The number of rotatable bonds is 0. The average Bonchev–Trinajstić information content (AvgIpc) is 1.79. The second-order valence-corrected chi connectivity index (χ2v) is 2.98. The molecular weight excluding hydrogens is 128 g/mol. The molecule has 2 nitrogen and oxygen atoms in total. The molecule has 0 heterocycles. The van der Waals surface area contributed by atoms with Crippen molar-refractivity contribution in [3.63, 3.8) is 0 Å². The van der Waals surface area contributed by atoms with Gasteiger partial charge in [0.2, 0.25) is 0 Å². The molecule has 0 aromatic rings. The Balaban J connectivity index is 2.87. The minimum absolute atomic E-state index is 0.284. The van der Waals surface area contributed by atoms with Gasteiger partial charge in [-0.15, -0.1) is 0 Å². The van der Waals surface area contributed by atoms with Crippen molar-refractivity contribution in [2.75, 3.05) is 0 Å². The van der Waals surface area contributed by atoms with Crippen LogP contribution in [0.15, 0.2) is 23.5 Å². The summed E-state index contributed by atoms with van der Waals surface area (Å²) in [4.78, 5) is 0. The van der Waals surface area contributed by atoms with Crippen LogP contribution in [-0.4, -0.2) is 15.8 Å². The van der Waals surface area contributed by atoms with Crippen LogP contribution < -0.4 is 0 Å². The van der Waals surface area contributed by atoms with E-state index in [-0.39, 0.29) is 5.76 Å². The van der Waals surface area contributed by atoms with E-state index < -0.39 is 5.60 Å². The quantitative estimate of drug-likeness (QED) is 0.535. The third-order valence-electron chi connectivity index (χ3n) is 1.64. The molecule has 56 valence electrons. The number of hydrogen-bond donors (Lipinski definition) is 2. The van der Waals surface area contributed by atoms with Gasteiger partial charge in [0, 0.05) is 6.42 Å². The maximum Gasteiger partial charge on any atom is 0.114 e. The normalized spacial score (nSPS) is 33.1. The van der Waals surface area contributed by atoms with Crippen LogP contribution in [0.5, 0.6) is 0 Å². The monoisotopic (exact) mass is 140 g/mol. The summed E-state index contributed by atoms with van der Waals surface area (Å²) in [7, 11) is 0. The Morgan fingerprint density at radius 2 is 2.20 bits per heavy atom. The Hall–Kier alpha value is -0.760. The van der Waals surface area contributed by atoms with Crippen LogP contribution in [0.2, 0.25) is 0 Å². The standard InChI is InChI=1S/C8H12O2/c1-6-5-8(2,10)4-3-7(6)9/h3,5,9-10H,4H2,1-2H3. The number of aliphatic hydroxyl groups is 2. The molecular formula is C8H12O2. The molecule has 0 saturated heterocycles. The van der Waals surface area contributed by atoms with Crippen molar-refractivity contribution in [3.05, 3.63) is 23.5 Å². The number of allylic oxidation sites excluding steroid dienone is 1. The van der Waals surface area contributed by atoms with Gasteiger partial charge in [0.25, 0.3) is 0 Å². The van der Waals surface area contributed by atoms with Crippen molar-refractivity contribution in [1.29, 1.82) is 0 Å². The molecule has 0 fully saturated rings. The van der Waals surface area contributed by atoms with Crippen LogP contribution in [0.25, 0.3) is 0 Å². The summed E-state index contributed by atoms with van der Waals surface area (Å²) in [5.41, 5.74) is -0.0210. The van der Waals surface area contributed by atoms with Gasteiger partial charge in [0.1, 0.15) is 5.76 Å². The Morgan fingerprint density at radius 1 is 1.60 bits per heavy atom. The van der Waals surface area contributed by atoms with E-state index in [9.17, 15) is 5.11 Å². The van der Waals surface area contributed by atoms with Crippen LogP contribution in [0, 0.1) is 0 Å². The molecule has 2 heteroatoms. The van der Waals surface area contributed by atoms with E-state index >= 15 is 0 Å². The minimum Gasteiger partial charge on any atom is -0.508 e. The highest BCUT2D eigenvalue weighted by Crippen LogP contribution is 2.23. The number of aliphatic hydroxyl groups excluding tert-OH is 1. The van der Waals surface area contributed by atoms with Crippen molar-refractivity contribution < 1.29 is 10.2 Å². The maximum absolute atomic E-state index is 9.43. The fourth-order valence-corrected chi connectivity index (χ4v) is 1.06. The van der Waals surface area contributed by atoms with Crippen molar-refractivity contribution >= 4 is 0 Å². The number of hydrogen-bond acceptors (Lipinski definition) is 2. The molecule has 1 aliphatic carbocycles. The Bertz CT molecular complexity index is 199. The van der Waals surface area contributed by atoms with Gasteiger partial charge in [-0.25, -0.2) is 0 Å². The van der Waals surface area contributed by atoms with Crippen LogP contribution in [-0.2, 0) is 0 Å². The minimum atomic E-state index is -0.768. The summed E-state index contributed by atoms with van der Waals surface area (Å²) in [6.45, 7) is 3.50. The van der Waals surface area contributed by atoms with E-state index in [1.165, 1.54) is 0 Å². The van der Waals surface area contributed by atoms with E-state index in [1.54, 1.807) is 26.0 Å². The van der Waals surface area contributed by atoms with Gasteiger partial charge in [-0.2, -0.15) is 0 Å². The molecule has 0 bridgehead atoms. The predicted octanol–water partition coefficient (Wildman–Crippen LogP) is 1.53. The molecule has 1 atom stereocenters. The fourth-order valence-electron chi connectivity index (χ4n) is 1.06. The Kier molecular flexibility index (Phi) is 1.57. The van der Waals surface area contributed by atoms with Crippen molar-refractivity contribution in [1.82, 2.24) is 0 Å². The largest absolute Gasteiger partial charge is 0.508 e. The molecule has 10 heavy (non-hydrogen) atoms. The molecule has 0 spiro atoms. The van der Waals surface area contributed by atoms with E-state index in [0.717, 1.165) is 5.57 Å². The zero-order chi connectivity index (χ0) is 7.78. The summed E-state index contributed by atoms with van der Waals surface area (Å²) < 4.78 is 0.